The molecule has 1 aromatic carbocycles. The summed E-state index contributed by atoms with van der Waals surface area (Å²) >= 11 is 11.8. The zero-order valence-corrected chi connectivity index (χ0v) is 12.3. The molecule has 1 aromatic heterocycles. The smallest absolute Gasteiger partial charge is 0.225 e. The minimum Gasteiger partial charge on any atom is -0.368 e. The molecule has 1 fully saturated rings. The number of benzene rings is 1. The molecule has 0 amide bonds. The normalized spacial score (nSPS) is 15.5. The molecule has 0 aliphatic carbocycles. The lowest BCUT2D eigenvalue weighted by Gasteiger charge is -2.36. The molecular formula is C14H14Cl2N4. The fraction of sp³-hybridized carbons (Fsp3) is 0.286. The SMILES string of the molecule is Clc1cc(N2CCN(c3ccccc3)CC2)nc(Cl)n1. The van der Waals surface area contributed by atoms with Crippen molar-refractivity contribution < 1.29 is 0 Å². The molecule has 1 aliphatic heterocycles. The maximum Gasteiger partial charge on any atom is 0.225 e. The monoisotopic (exact) mass is 308 g/mol. The average Bonchev–Trinajstić information content (AvgIpc) is 2.47. The van der Waals surface area contributed by atoms with E-state index >= 15 is 0 Å². The molecule has 0 unspecified atom stereocenters. The topological polar surface area (TPSA) is 32.3 Å². The van der Waals surface area contributed by atoms with E-state index < -0.39 is 0 Å². The lowest BCUT2D eigenvalue weighted by molar-refractivity contribution is 0.647. The Hall–Kier alpha value is -1.52. The van der Waals surface area contributed by atoms with E-state index in [1.165, 1.54) is 5.69 Å². The lowest BCUT2D eigenvalue weighted by Crippen LogP contribution is -2.46. The first-order chi connectivity index (χ1) is 9.72. The van der Waals surface area contributed by atoms with E-state index in [-0.39, 0.29) is 5.28 Å². The van der Waals surface area contributed by atoms with E-state index in [1.54, 1.807) is 6.07 Å². The first-order valence-corrected chi connectivity index (χ1v) is 7.23. The van der Waals surface area contributed by atoms with Gasteiger partial charge in [-0.2, -0.15) is 0 Å². The van der Waals surface area contributed by atoms with E-state index in [2.05, 4.69) is 44.0 Å². The van der Waals surface area contributed by atoms with Crippen molar-refractivity contribution in [2.24, 2.45) is 0 Å². The third-order valence-corrected chi connectivity index (χ3v) is 3.74. The van der Waals surface area contributed by atoms with Crippen molar-refractivity contribution in [1.29, 1.82) is 0 Å². The van der Waals surface area contributed by atoms with Gasteiger partial charge in [0.05, 0.1) is 0 Å². The highest BCUT2D eigenvalue weighted by Crippen LogP contribution is 2.21. The fourth-order valence-electron chi connectivity index (χ4n) is 2.37. The number of para-hydroxylation sites is 1. The van der Waals surface area contributed by atoms with Crippen LogP contribution in [-0.2, 0) is 0 Å². The van der Waals surface area contributed by atoms with Crippen LogP contribution in [-0.4, -0.2) is 36.1 Å². The van der Waals surface area contributed by atoms with Gasteiger partial charge in [-0.3, -0.25) is 0 Å². The summed E-state index contributed by atoms with van der Waals surface area (Å²) in [5.74, 6) is 0.794. The van der Waals surface area contributed by atoms with Gasteiger partial charge in [0.1, 0.15) is 11.0 Å². The predicted molar refractivity (Wildman–Crippen MR) is 82.9 cm³/mol. The van der Waals surface area contributed by atoms with Crippen LogP contribution in [0.25, 0.3) is 0 Å². The highest BCUT2D eigenvalue weighted by atomic mass is 35.5. The number of aromatic nitrogens is 2. The van der Waals surface area contributed by atoms with Crippen LogP contribution in [0.5, 0.6) is 0 Å². The second kappa shape index (κ2) is 5.85. The maximum absolute atomic E-state index is 5.92. The standard InChI is InChI=1S/C14H14Cl2N4/c15-12-10-13(18-14(16)17-12)20-8-6-19(7-9-20)11-4-2-1-3-5-11/h1-5,10H,6-9H2. The summed E-state index contributed by atoms with van der Waals surface area (Å²) in [6.07, 6.45) is 0. The molecule has 0 bridgehead atoms. The Labute approximate surface area is 128 Å². The summed E-state index contributed by atoms with van der Waals surface area (Å²) < 4.78 is 0. The second-order valence-corrected chi connectivity index (χ2v) is 5.35. The number of nitrogens with zero attached hydrogens (tertiary/aromatic N) is 4. The molecule has 0 N–H and O–H groups in total. The van der Waals surface area contributed by atoms with E-state index in [4.69, 9.17) is 23.2 Å². The van der Waals surface area contributed by atoms with E-state index in [9.17, 15) is 0 Å². The van der Waals surface area contributed by atoms with Crippen molar-refractivity contribution in [3.63, 3.8) is 0 Å². The third kappa shape index (κ3) is 2.97. The molecule has 0 atom stereocenters. The molecule has 6 heteroatoms. The van der Waals surface area contributed by atoms with Gasteiger partial charge in [-0.05, 0) is 23.7 Å². The Morgan fingerprint density at radius 3 is 2.15 bits per heavy atom. The van der Waals surface area contributed by atoms with Crippen molar-refractivity contribution in [3.05, 3.63) is 46.8 Å². The Morgan fingerprint density at radius 2 is 1.50 bits per heavy atom. The number of halogens is 2. The van der Waals surface area contributed by atoms with Crippen LogP contribution in [0, 0.1) is 0 Å². The second-order valence-electron chi connectivity index (χ2n) is 4.63. The van der Waals surface area contributed by atoms with Crippen LogP contribution < -0.4 is 9.80 Å². The van der Waals surface area contributed by atoms with Gasteiger partial charge in [0.15, 0.2) is 0 Å². The third-order valence-electron chi connectivity index (χ3n) is 3.38. The molecule has 104 valence electrons. The van der Waals surface area contributed by atoms with Gasteiger partial charge in [-0.1, -0.05) is 29.8 Å². The number of hydrogen-bond acceptors (Lipinski definition) is 4. The van der Waals surface area contributed by atoms with Gasteiger partial charge < -0.3 is 9.80 Å². The Kier molecular flexibility index (Phi) is 3.94. The Morgan fingerprint density at radius 1 is 0.850 bits per heavy atom. The van der Waals surface area contributed by atoms with Gasteiger partial charge >= 0.3 is 0 Å². The van der Waals surface area contributed by atoms with Gasteiger partial charge in [-0.15, -0.1) is 0 Å². The van der Waals surface area contributed by atoms with E-state index in [1.807, 2.05) is 6.07 Å². The van der Waals surface area contributed by atoms with Crippen molar-refractivity contribution in [3.8, 4) is 0 Å². The zero-order valence-electron chi connectivity index (χ0n) is 10.8. The van der Waals surface area contributed by atoms with Crippen LogP contribution in [0.1, 0.15) is 0 Å². The Balaban J connectivity index is 1.69. The van der Waals surface area contributed by atoms with Crippen molar-refractivity contribution >= 4 is 34.7 Å². The number of piperazine rings is 1. The molecule has 1 saturated heterocycles. The minimum absolute atomic E-state index is 0.193. The number of hydrogen-bond donors (Lipinski definition) is 0. The maximum atomic E-state index is 5.92. The van der Waals surface area contributed by atoms with Crippen molar-refractivity contribution in [1.82, 2.24) is 9.97 Å². The highest BCUT2D eigenvalue weighted by molar-refractivity contribution is 6.32. The van der Waals surface area contributed by atoms with Gasteiger partial charge in [0.25, 0.3) is 0 Å². The quantitative estimate of drug-likeness (QED) is 0.630. The first-order valence-electron chi connectivity index (χ1n) is 6.47. The van der Waals surface area contributed by atoms with Crippen molar-refractivity contribution in [2.45, 2.75) is 0 Å². The molecule has 1 aliphatic rings. The largest absolute Gasteiger partial charge is 0.368 e. The lowest BCUT2D eigenvalue weighted by atomic mass is 10.2. The van der Waals surface area contributed by atoms with Crippen molar-refractivity contribution in [2.75, 3.05) is 36.0 Å². The summed E-state index contributed by atoms with van der Waals surface area (Å²) in [6, 6.07) is 12.2. The average molecular weight is 309 g/mol. The molecule has 3 rings (SSSR count). The number of rotatable bonds is 2. The van der Waals surface area contributed by atoms with Gasteiger partial charge in [0, 0.05) is 37.9 Å². The Bertz CT molecular complexity index is 563. The fourth-order valence-corrected chi connectivity index (χ4v) is 2.77. The van der Waals surface area contributed by atoms with Crippen LogP contribution >= 0.6 is 23.2 Å². The highest BCUT2D eigenvalue weighted by Gasteiger charge is 2.19. The molecule has 4 nitrogen and oxygen atoms in total. The van der Waals surface area contributed by atoms with Gasteiger partial charge in [-0.25, -0.2) is 9.97 Å². The summed E-state index contributed by atoms with van der Waals surface area (Å²) in [7, 11) is 0. The molecule has 0 saturated carbocycles. The van der Waals surface area contributed by atoms with E-state index in [0.29, 0.717) is 5.15 Å². The molecule has 2 aromatic rings. The zero-order chi connectivity index (χ0) is 13.9. The predicted octanol–water partition coefficient (Wildman–Crippen LogP) is 3.11. The van der Waals surface area contributed by atoms with Crippen LogP contribution in [0.15, 0.2) is 36.4 Å². The minimum atomic E-state index is 0.193. The summed E-state index contributed by atoms with van der Waals surface area (Å²) in [5, 5.41) is 0.573. The summed E-state index contributed by atoms with van der Waals surface area (Å²) in [5.41, 5.74) is 1.26. The van der Waals surface area contributed by atoms with Crippen LogP contribution in [0.4, 0.5) is 11.5 Å². The molecule has 0 radical (unpaired) electrons. The van der Waals surface area contributed by atoms with Gasteiger partial charge in [0.2, 0.25) is 5.28 Å². The first kappa shape index (κ1) is 13.5. The molecule has 2 heterocycles. The van der Waals surface area contributed by atoms with Crippen LogP contribution in [0.3, 0.4) is 0 Å². The van der Waals surface area contributed by atoms with E-state index in [0.717, 1.165) is 32.0 Å². The molecule has 20 heavy (non-hydrogen) atoms. The van der Waals surface area contributed by atoms with Crippen LogP contribution in [0.2, 0.25) is 10.4 Å². The molecule has 0 spiro atoms. The number of anilines is 2. The summed E-state index contributed by atoms with van der Waals surface area (Å²) in [6.45, 7) is 3.67. The summed E-state index contributed by atoms with van der Waals surface area (Å²) in [4.78, 5) is 12.6. The molecular weight excluding hydrogens is 295 g/mol.